The number of ketones is 1. The highest BCUT2D eigenvalue weighted by molar-refractivity contribution is 6.34. The van der Waals surface area contributed by atoms with Crippen molar-refractivity contribution in [3.05, 3.63) is 111 Å². The van der Waals surface area contributed by atoms with Gasteiger partial charge in [-0.3, -0.25) is 29.3 Å². The third-order valence-corrected chi connectivity index (χ3v) is 7.46. The molecule has 11 heteroatoms. The van der Waals surface area contributed by atoms with E-state index < -0.39 is 46.8 Å². The minimum absolute atomic E-state index is 0.0542. The number of nitro benzene ring substituents is 1. The van der Waals surface area contributed by atoms with Gasteiger partial charge in [-0.2, -0.15) is 5.01 Å². The summed E-state index contributed by atoms with van der Waals surface area (Å²) in [6.07, 6.45) is 2.71. The molecule has 3 aromatic carbocycles. The summed E-state index contributed by atoms with van der Waals surface area (Å²) in [6, 6.07) is 17.8. The molecule has 0 radical (unpaired) electrons. The van der Waals surface area contributed by atoms with Crippen molar-refractivity contribution in [2.75, 3.05) is 6.54 Å². The fourth-order valence-corrected chi connectivity index (χ4v) is 5.19. The molecule has 0 unspecified atom stereocenters. The molecule has 1 heterocycles. The van der Waals surface area contributed by atoms with Crippen molar-refractivity contribution in [2.24, 2.45) is 11.8 Å². The van der Waals surface area contributed by atoms with Gasteiger partial charge in [0.1, 0.15) is 18.0 Å². The molecule has 0 saturated carbocycles. The Labute approximate surface area is 239 Å². The number of amides is 3. The highest BCUT2D eigenvalue weighted by Gasteiger charge is 2.51. The van der Waals surface area contributed by atoms with Crippen molar-refractivity contribution in [1.29, 1.82) is 0 Å². The number of imide groups is 1. The van der Waals surface area contributed by atoms with Crippen LogP contribution in [0.25, 0.3) is 0 Å². The van der Waals surface area contributed by atoms with Crippen LogP contribution in [-0.4, -0.2) is 45.0 Å². The minimum Gasteiger partial charge on any atom is -0.457 e. The van der Waals surface area contributed by atoms with Crippen molar-refractivity contribution < 1.29 is 28.8 Å². The molecule has 1 aliphatic heterocycles. The summed E-state index contributed by atoms with van der Waals surface area (Å²) < 4.78 is 5.69. The minimum atomic E-state index is -0.743. The molecular formula is C30H24ClN3O7. The van der Waals surface area contributed by atoms with Gasteiger partial charge in [0.2, 0.25) is 0 Å². The Morgan fingerprint density at radius 3 is 2.22 bits per heavy atom. The standard InChI is InChI=1S/C30H24ClN3O7/c1-18-6-15-23-25(16-18)30(38)33(29(23)37)32(28(36)24-4-2-3-5-26(24)31)17-27(35)19-7-11-21(12-8-19)41-22-13-9-20(10-14-22)34(39)40/h2-14,23,25H,15-17H2,1H3/t23-,25+/m0/s1. The number of rotatable bonds is 8. The SMILES string of the molecule is CC1=CC[C@@H]2C(=O)N(N(CC(=O)c3ccc(Oc4ccc([N+](=O)[O-])cc4)cc3)C(=O)c3ccccc3Cl)C(=O)[C@@H]2C1. The number of allylic oxidation sites excluding steroid dienone is 2. The van der Waals surface area contributed by atoms with Crippen LogP contribution in [0.15, 0.2) is 84.4 Å². The zero-order valence-electron chi connectivity index (χ0n) is 21.9. The van der Waals surface area contributed by atoms with Crippen LogP contribution in [0.1, 0.15) is 40.5 Å². The smallest absolute Gasteiger partial charge is 0.274 e. The number of hydrazine groups is 1. The van der Waals surface area contributed by atoms with E-state index in [0.717, 1.165) is 15.6 Å². The zero-order chi connectivity index (χ0) is 29.3. The molecule has 1 saturated heterocycles. The van der Waals surface area contributed by atoms with Crippen LogP contribution in [0.3, 0.4) is 0 Å². The lowest BCUT2D eigenvalue weighted by Gasteiger charge is -2.30. The van der Waals surface area contributed by atoms with E-state index in [0.29, 0.717) is 24.3 Å². The summed E-state index contributed by atoms with van der Waals surface area (Å²) in [4.78, 5) is 64.2. The fraction of sp³-hybridized carbons (Fsp3) is 0.200. The van der Waals surface area contributed by atoms with E-state index in [2.05, 4.69) is 0 Å². The first kappa shape index (κ1) is 27.7. The summed E-state index contributed by atoms with van der Waals surface area (Å²) in [5.41, 5.74) is 1.19. The van der Waals surface area contributed by atoms with E-state index in [4.69, 9.17) is 16.3 Å². The van der Waals surface area contributed by atoms with Crippen molar-refractivity contribution in [1.82, 2.24) is 10.0 Å². The first-order chi connectivity index (χ1) is 19.6. The topological polar surface area (TPSA) is 127 Å². The summed E-state index contributed by atoms with van der Waals surface area (Å²) >= 11 is 6.27. The Morgan fingerprint density at radius 2 is 1.59 bits per heavy atom. The number of hydrogen-bond acceptors (Lipinski definition) is 7. The van der Waals surface area contributed by atoms with Gasteiger partial charge in [-0.1, -0.05) is 35.4 Å². The number of nitrogens with zero attached hydrogens (tertiary/aromatic N) is 3. The number of nitro groups is 1. The summed E-state index contributed by atoms with van der Waals surface area (Å²) in [5, 5.41) is 12.7. The van der Waals surface area contributed by atoms with Crippen molar-refractivity contribution in [3.8, 4) is 11.5 Å². The van der Waals surface area contributed by atoms with Gasteiger partial charge in [-0.25, -0.2) is 5.01 Å². The molecular weight excluding hydrogens is 550 g/mol. The number of hydrogen-bond donors (Lipinski definition) is 0. The lowest BCUT2D eigenvalue weighted by atomic mass is 9.82. The molecule has 3 amide bonds. The van der Waals surface area contributed by atoms with Crippen LogP contribution in [-0.2, 0) is 9.59 Å². The quantitative estimate of drug-likeness (QED) is 0.112. The third-order valence-electron chi connectivity index (χ3n) is 7.13. The van der Waals surface area contributed by atoms with Gasteiger partial charge in [0.15, 0.2) is 5.78 Å². The average molecular weight is 574 g/mol. The predicted molar refractivity (Wildman–Crippen MR) is 148 cm³/mol. The van der Waals surface area contributed by atoms with Crippen LogP contribution in [0.2, 0.25) is 5.02 Å². The predicted octanol–water partition coefficient (Wildman–Crippen LogP) is 5.62. The molecule has 1 fully saturated rings. The number of carbonyl (C=O) groups excluding carboxylic acids is 4. The van der Waals surface area contributed by atoms with Crippen LogP contribution in [0.4, 0.5) is 5.69 Å². The van der Waals surface area contributed by atoms with E-state index in [1.54, 1.807) is 12.1 Å². The van der Waals surface area contributed by atoms with Gasteiger partial charge in [-0.15, -0.1) is 0 Å². The Kier molecular flexibility index (Phi) is 7.67. The average Bonchev–Trinajstić information content (AvgIpc) is 3.20. The maximum Gasteiger partial charge on any atom is 0.274 e. The summed E-state index contributed by atoms with van der Waals surface area (Å²) in [7, 11) is 0. The number of ether oxygens (including phenoxy) is 1. The molecule has 5 rings (SSSR count). The van der Waals surface area contributed by atoms with Crippen molar-refractivity contribution in [2.45, 2.75) is 19.8 Å². The summed E-state index contributed by atoms with van der Waals surface area (Å²) in [6.45, 7) is 1.32. The Bertz CT molecular complexity index is 1580. The van der Waals surface area contributed by atoms with Crippen molar-refractivity contribution >= 4 is 40.8 Å². The molecule has 2 aliphatic rings. The van der Waals surface area contributed by atoms with E-state index in [1.165, 1.54) is 60.7 Å². The maximum atomic E-state index is 13.7. The highest BCUT2D eigenvalue weighted by atomic mass is 35.5. The second-order valence-corrected chi connectivity index (χ2v) is 10.2. The maximum absolute atomic E-state index is 13.7. The largest absolute Gasteiger partial charge is 0.457 e. The molecule has 10 nitrogen and oxygen atoms in total. The molecule has 0 spiro atoms. The van der Waals surface area contributed by atoms with Crippen LogP contribution < -0.4 is 4.74 Å². The Balaban J connectivity index is 1.38. The van der Waals surface area contributed by atoms with Gasteiger partial charge in [0.05, 0.1) is 27.3 Å². The lowest BCUT2D eigenvalue weighted by molar-refractivity contribution is -0.384. The van der Waals surface area contributed by atoms with Gasteiger partial charge in [0.25, 0.3) is 23.4 Å². The molecule has 208 valence electrons. The molecule has 1 aliphatic carbocycles. The number of non-ortho nitro benzene ring substituents is 1. The first-order valence-electron chi connectivity index (χ1n) is 12.8. The molecule has 2 atom stereocenters. The normalized spacial score (nSPS) is 18.0. The molecule has 0 aromatic heterocycles. The molecule has 0 N–H and O–H groups in total. The number of benzene rings is 3. The molecule has 41 heavy (non-hydrogen) atoms. The van der Waals surface area contributed by atoms with Gasteiger partial charge < -0.3 is 4.74 Å². The van der Waals surface area contributed by atoms with E-state index in [9.17, 15) is 29.3 Å². The van der Waals surface area contributed by atoms with Gasteiger partial charge in [0, 0.05) is 17.7 Å². The van der Waals surface area contributed by atoms with Gasteiger partial charge in [-0.05, 0) is 68.3 Å². The Hall–Kier alpha value is -4.83. The van der Waals surface area contributed by atoms with Crippen molar-refractivity contribution in [3.63, 3.8) is 0 Å². The zero-order valence-corrected chi connectivity index (χ0v) is 22.6. The van der Waals surface area contributed by atoms with Crippen LogP contribution >= 0.6 is 11.6 Å². The Morgan fingerprint density at radius 1 is 0.976 bits per heavy atom. The van der Waals surface area contributed by atoms with E-state index in [1.807, 2.05) is 13.0 Å². The second kappa shape index (κ2) is 11.3. The number of Topliss-reactive ketones (excluding diaryl/α,β-unsaturated/α-hetero) is 1. The highest BCUT2D eigenvalue weighted by Crippen LogP contribution is 2.39. The number of halogens is 1. The molecule has 3 aromatic rings. The number of fused-ring (bicyclic) bond motifs is 1. The fourth-order valence-electron chi connectivity index (χ4n) is 4.97. The monoisotopic (exact) mass is 573 g/mol. The first-order valence-corrected chi connectivity index (χ1v) is 13.2. The number of carbonyl (C=O) groups is 4. The van der Waals surface area contributed by atoms with E-state index in [-0.39, 0.29) is 21.8 Å². The van der Waals surface area contributed by atoms with E-state index >= 15 is 0 Å². The van der Waals surface area contributed by atoms with Crippen LogP contribution in [0, 0.1) is 22.0 Å². The third kappa shape index (κ3) is 5.59. The lowest BCUT2D eigenvalue weighted by Crippen LogP contribution is -2.52. The summed E-state index contributed by atoms with van der Waals surface area (Å²) in [5.74, 6) is -2.76. The van der Waals surface area contributed by atoms with Crippen LogP contribution in [0.5, 0.6) is 11.5 Å². The molecule has 0 bridgehead atoms. The van der Waals surface area contributed by atoms with Gasteiger partial charge >= 0.3 is 0 Å². The second-order valence-electron chi connectivity index (χ2n) is 9.83.